The maximum absolute atomic E-state index is 11.5. The van der Waals surface area contributed by atoms with E-state index in [1.54, 1.807) is 0 Å². The Morgan fingerprint density at radius 3 is 2.83 bits per heavy atom. The fourth-order valence-electron chi connectivity index (χ4n) is 2.08. The summed E-state index contributed by atoms with van der Waals surface area (Å²) in [6.07, 6.45) is 6.40. The smallest absolute Gasteiger partial charge is 0.316 e. The van der Waals surface area contributed by atoms with Crippen molar-refractivity contribution >= 4 is 23.4 Å². The molecule has 1 saturated carbocycles. The number of hydrogen-bond acceptors (Lipinski definition) is 5. The molecule has 104 valence electrons. The number of nitrogens with zero attached hydrogens (tertiary/aromatic N) is 1. The van der Waals surface area contributed by atoms with E-state index < -0.39 is 0 Å². The Balaban J connectivity index is 2.43. The van der Waals surface area contributed by atoms with E-state index in [0.717, 1.165) is 31.4 Å². The van der Waals surface area contributed by atoms with Gasteiger partial charge in [-0.2, -0.15) is 0 Å². The van der Waals surface area contributed by atoms with E-state index in [-0.39, 0.29) is 17.3 Å². The number of thioether (sulfide) groups is 1. The van der Waals surface area contributed by atoms with E-state index in [2.05, 4.69) is 5.16 Å². The summed E-state index contributed by atoms with van der Waals surface area (Å²) >= 11 is 1.54. The van der Waals surface area contributed by atoms with Gasteiger partial charge in [-0.05, 0) is 33.1 Å². The number of ether oxygens (including phenoxy) is 1. The number of rotatable bonds is 4. The molecule has 1 N–H and O–H groups in total. The molecule has 4 nitrogen and oxygen atoms in total. The minimum atomic E-state index is -0.186. The van der Waals surface area contributed by atoms with Crippen LogP contribution in [0, 0.1) is 0 Å². The zero-order valence-corrected chi connectivity index (χ0v) is 12.0. The standard InChI is InChI=1S/C13H23NO3S/c1-10(2)17-13(15)9-18-12-8-6-4-3-5-7-11(12)14-16/h10,12,16H,3-9H2,1-2H3/b14-11-. The van der Waals surface area contributed by atoms with Crippen LogP contribution in [-0.2, 0) is 9.53 Å². The number of carbonyl (C=O) groups excluding carboxylic acids is 1. The molecule has 0 bridgehead atoms. The number of carbonyl (C=O) groups is 1. The monoisotopic (exact) mass is 273 g/mol. The Labute approximate surface area is 113 Å². The molecule has 5 heteroatoms. The van der Waals surface area contributed by atoms with Crippen LogP contribution < -0.4 is 0 Å². The fraction of sp³-hybridized carbons (Fsp3) is 0.846. The van der Waals surface area contributed by atoms with Crippen molar-refractivity contribution in [1.29, 1.82) is 0 Å². The van der Waals surface area contributed by atoms with Gasteiger partial charge in [0, 0.05) is 5.25 Å². The highest BCUT2D eigenvalue weighted by Crippen LogP contribution is 2.25. The highest BCUT2D eigenvalue weighted by Gasteiger charge is 2.20. The molecule has 0 saturated heterocycles. The summed E-state index contributed by atoms with van der Waals surface area (Å²) < 4.78 is 5.10. The van der Waals surface area contributed by atoms with Gasteiger partial charge in [0.05, 0.1) is 17.6 Å². The molecule has 1 aliphatic carbocycles. The molecule has 0 heterocycles. The Morgan fingerprint density at radius 1 is 1.44 bits per heavy atom. The molecule has 1 aliphatic rings. The van der Waals surface area contributed by atoms with Crippen LogP contribution in [0.2, 0.25) is 0 Å². The first-order chi connectivity index (χ1) is 8.63. The second kappa shape index (κ2) is 8.40. The lowest BCUT2D eigenvalue weighted by atomic mass is 9.99. The molecule has 0 radical (unpaired) electrons. The first-order valence-electron chi connectivity index (χ1n) is 6.65. The van der Waals surface area contributed by atoms with Gasteiger partial charge in [-0.3, -0.25) is 4.79 Å². The second-order valence-corrected chi connectivity index (χ2v) is 6.07. The Morgan fingerprint density at radius 2 is 2.17 bits per heavy atom. The summed E-state index contributed by atoms with van der Waals surface area (Å²) in [5.74, 6) is 0.149. The molecule has 0 amide bonds. The van der Waals surface area contributed by atoms with Gasteiger partial charge in [0.1, 0.15) is 0 Å². The van der Waals surface area contributed by atoms with Gasteiger partial charge in [-0.15, -0.1) is 11.8 Å². The quantitative estimate of drug-likeness (QED) is 0.485. The maximum Gasteiger partial charge on any atom is 0.316 e. The Kier molecular flexibility index (Phi) is 7.16. The lowest BCUT2D eigenvalue weighted by Gasteiger charge is -2.20. The number of esters is 1. The molecular formula is C13H23NO3S. The molecule has 18 heavy (non-hydrogen) atoms. The molecule has 0 aromatic heterocycles. The SMILES string of the molecule is CC(C)OC(=O)CSC1CCCCCC/C1=N/O. The molecule has 1 unspecified atom stereocenters. The third kappa shape index (κ3) is 5.76. The van der Waals surface area contributed by atoms with Gasteiger partial charge in [0.2, 0.25) is 0 Å². The Hall–Kier alpha value is -0.710. The van der Waals surface area contributed by atoms with Crippen molar-refractivity contribution in [2.24, 2.45) is 5.16 Å². The number of oxime groups is 1. The zero-order chi connectivity index (χ0) is 13.4. The Bertz CT molecular complexity index is 292. The van der Waals surface area contributed by atoms with E-state index in [9.17, 15) is 4.79 Å². The highest BCUT2D eigenvalue weighted by molar-refractivity contribution is 8.01. The summed E-state index contributed by atoms with van der Waals surface area (Å²) in [4.78, 5) is 11.5. The van der Waals surface area contributed by atoms with Crippen molar-refractivity contribution in [2.45, 2.75) is 63.7 Å². The first kappa shape index (κ1) is 15.3. The van der Waals surface area contributed by atoms with Crippen molar-refractivity contribution < 1.29 is 14.7 Å². The highest BCUT2D eigenvalue weighted by atomic mass is 32.2. The van der Waals surface area contributed by atoms with Crippen LogP contribution >= 0.6 is 11.8 Å². The molecule has 1 atom stereocenters. The summed E-state index contributed by atoms with van der Waals surface area (Å²) in [7, 11) is 0. The van der Waals surface area contributed by atoms with E-state index in [0.29, 0.717) is 5.75 Å². The van der Waals surface area contributed by atoms with Crippen molar-refractivity contribution in [1.82, 2.24) is 0 Å². The average Bonchev–Trinajstić information content (AvgIpc) is 2.27. The van der Waals surface area contributed by atoms with E-state index in [1.807, 2.05) is 13.8 Å². The maximum atomic E-state index is 11.5. The van der Waals surface area contributed by atoms with Crippen LogP contribution in [0.4, 0.5) is 0 Å². The lowest BCUT2D eigenvalue weighted by molar-refractivity contribution is -0.144. The largest absolute Gasteiger partial charge is 0.462 e. The molecule has 1 rings (SSSR count). The molecule has 0 spiro atoms. The van der Waals surface area contributed by atoms with Gasteiger partial charge in [-0.1, -0.05) is 24.4 Å². The third-order valence-corrected chi connectivity index (χ3v) is 4.23. The average molecular weight is 273 g/mol. The predicted octanol–water partition coefficient (Wildman–Crippen LogP) is 3.22. The van der Waals surface area contributed by atoms with Crippen LogP contribution in [0.1, 0.15) is 52.4 Å². The fourth-order valence-corrected chi connectivity index (χ4v) is 3.17. The van der Waals surface area contributed by atoms with Crippen molar-refractivity contribution in [3.8, 4) is 0 Å². The van der Waals surface area contributed by atoms with Crippen LogP contribution in [0.15, 0.2) is 5.16 Å². The van der Waals surface area contributed by atoms with E-state index in [1.165, 1.54) is 24.6 Å². The van der Waals surface area contributed by atoms with Gasteiger partial charge < -0.3 is 9.94 Å². The zero-order valence-electron chi connectivity index (χ0n) is 11.2. The van der Waals surface area contributed by atoms with Crippen LogP contribution in [-0.4, -0.2) is 34.0 Å². The van der Waals surface area contributed by atoms with Crippen molar-refractivity contribution in [3.63, 3.8) is 0 Å². The predicted molar refractivity (Wildman–Crippen MR) is 74.4 cm³/mol. The van der Waals surface area contributed by atoms with Gasteiger partial charge in [0.15, 0.2) is 0 Å². The summed E-state index contributed by atoms with van der Waals surface area (Å²) in [5, 5.41) is 12.6. The molecule has 0 aromatic rings. The van der Waals surface area contributed by atoms with E-state index in [4.69, 9.17) is 9.94 Å². The summed E-state index contributed by atoms with van der Waals surface area (Å²) in [6, 6.07) is 0. The minimum Gasteiger partial charge on any atom is -0.462 e. The molecule has 1 fully saturated rings. The van der Waals surface area contributed by atoms with Gasteiger partial charge in [0.25, 0.3) is 0 Å². The molecular weight excluding hydrogens is 250 g/mol. The second-order valence-electron chi connectivity index (χ2n) is 4.88. The summed E-state index contributed by atoms with van der Waals surface area (Å²) in [6.45, 7) is 3.69. The van der Waals surface area contributed by atoms with Crippen LogP contribution in [0.3, 0.4) is 0 Å². The van der Waals surface area contributed by atoms with Crippen molar-refractivity contribution in [3.05, 3.63) is 0 Å². The normalized spacial score (nSPS) is 23.7. The van der Waals surface area contributed by atoms with Crippen molar-refractivity contribution in [2.75, 3.05) is 5.75 Å². The molecule has 0 aliphatic heterocycles. The van der Waals surface area contributed by atoms with Crippen LogP contribution in [0.25, 0.3) is 0 Å². The van der Waals surface area contributed by atoms with Crippen LogP contribution in [0.5, 0.6) is 0 Å². The van der Waals surface area contributed by atoms with Gasteiger partial charge in [-0.25, -0.2) is 0 Å². The molecule has 0 aromatic carbocycles. The topological polar surface area (TPSA) is 58.9 Å². The third-order valence-electron chi connectivity index (χ3n) is 2.92. The minimum absolute atomic E-state index is 0.0681. The van der Waals surface area contributed by atoms with Gasteiger partial charge >= 0.3 is 5.97 Å². The first-order valence-corrected chi connectivity index (χ1v) is 7.70. The number of hydrogen-bond donors (Lipinski definition) is 1. The summed E-state index contributed by atoms with van der Waals surface area (Å²) in [5.41, 5.74) is 0.831. The lowest BCUT2D eigenvalue weighted by Crippen LogP contribution is -2.22. The van der Waals surface area contributed by atoms with E-state index >= 15 is 0 Å².